The molecule has 21 heavy (non-hydrogen) atoms. The Labute approximate surface area is 127 Å². The Morgan fingerprint density at radius 1 is 1.00 bits per heavy atom. The van der Waals surface area contributed by atoms with Gasteiger partial charge in [-0.05, 0) is 18.8 Å². The normalized spacial score (nSPS) is 53.4. The minimum atomic E-state index is -0.224. The minimum absolute atomic E-state index is 0.180. The Hall–Kier alpha value is -0.450. The van der Waals surface area contributed by atoms with Crippen molar-refractivity contribution in [3.05, 3.63) is 0 Å². The summed E-state index contributed by atoms with van der Waals surface area (Å²) in [5, 5.41) is 10.4. The van der Waals surface area contributed by atoms with Crippen LogP contribution in [-0.2, 0) is 4.79 Å². The molecule has 0 aromatic rings. The summed E-state index contributed by atoms with van der Waals surface area (Å²) >= 11 is 0. The number of hydrogen-bond donors (Lipinski definition) is 1. The van der Waals surface area contributed by atoms with Crippen LogP contribution in [0.5, 0.6) is 0 Å². The van der Waals surface area contributed by atoms with Crippen LogP contribution < -0.4 is 0 Å². The number of aliphatic hydroxyl groups is 1. The number of nitrogens with zero attached hydrogens (tertiary/aromatic N) is 2. The smallest absolute Gasteiger partial charge is 0.149 e. The van der Waals surface area contributed by atoms with Crippen LogP contribution in [0.1, 0.15) is 46.0 Å². The molecule has 0 radical (unpaired) electrons. The van der Waals surface area contributed by atoms with Gasteiger partial charge in [-0.25, -0.2) is 0 Å². The van der Waals surface area contributed by atoms with Crippen LogP contribution in [0.4, 0.5) is 0 Å². The maximum atomic E-state index is 12.8. The molecule has 0 unspecified atom stereocenters. The van der Waals surface area contributed by atoms with Crippen molar-refractivity contribution >= 4 is 5.78 Å². The third-order valence-corrected chi connectivity index (χ3v) is 6.84. The highest BCUT2D eigenvalue weighted by Crippen LogP contribution is 2.55. The molecule has 4 aliphatic heterocycles. The Morgan fingerprint density at radius 2 is 1.48 bits per heavy atom. The van der Waals surface area contributed by atoms with E-state index in [0.29, 0.717) is 11.7 Å². The van der Waals surface area contributed by atoms with Gasteiger partial charge in [-0.15, -0.1) is 0 Å². The van der Waals surface area contributed by atoms with Crippen LogP contribution in [-0.4, -0.2) is 59.1 Å². The highest BCUT2D eigenvalue weighted by molar-refractivity contribution is 5.92. The Bertz CT molecular complexity index is 429. The first-order valence-corrected chi connectivity index (χ1v) is 8.61. The van der Waals surface area contributed by atoms with Gasteiger partial charge >= 0.3 is 0 Å². The first-order valence-electron chi connectivity index (χ1n) is 8.61. The summed E-state index contributed by atoms with van der Waals surface area (Å²) in [7, 11) is 0. The molecule has 4 saturated heterocycles. The van der Waals surface area contributed by atoms with Gasteiger partial charge in [0.25, 0.3) is 0 Å². The van der Waals surface area contributed by atoms with Gasteiger partial charge < -0.3 is 5.11 Å². The average molecular weight is 292 g/mol. The third kappa shape index (κ3) is 1.64. The van der Waals surface area contributed by atoms with Crippen molar-refractivity contribution in [1.82, 2.24) is 9.80 Å². The molecule has 4 nitrogen and oxygen atoms in total. The summed E-state index contributed by atoms with van der Waals surface area (Å²) < 4.78 is 0. The van der Waals surface area contributed by atoms with E-state index in [1.54, 1.807) is 0 Å². The number of Topliss-reactive ketones (excluding diaryl/α,β-unsaturated/α-hetero) is 1. The molecule has 0 amide bonds. The van der Waals surface area contributed by atoms with Gasteiger partial charge in [0.05, 0.1) is 17.4 Å². The molecule has 0 spiro atoms. The lowest BCUT2D eigenvalue weighted by molar-refractivity contribution is -0.258. The standard InChI is InChI=1S/C17H28N2O2/c1-15-8-18-10-16(2,14(15)21)11-19(9-15)17(18,12-20)13-6-4-3-5-7-13/h13,20H,3-12H2,1-2H3. The number of rotatable bonds is 2. The lowest BCUT2D eigenvalue weighted by atomic mass is 9.58. The maximum absolute atomic E-state index is 12.8. The van der Waals surface area contributed by atoms with Crippen molar-refractivity contribution in [3.8, 4) is 0 Å². The predicted octanol–water partition coefficient (Wildman–Crippen LogP) is 1.48. The molecule has 1 aliphatic carbocycles. The molecule has 4 heterocycles. The second kappa shape index (κ2) is 4.30. The molecule has 118 valence electrons. The van der Waals surface area contributed by atoms with Gasteiger partial charge in [0.1, 0.15) is 11.4 Å². The van der Waals surface area contributed by atoms with Gasteiger partial charge in [0.15, 0.2) is 0 Å². The Kier molecular flexibility index (Phi) is 2.90. The van der Waals surface area contributed by atoms with Crippen molar-refractivity contribution in [3.63, 3.8) is 0 Å². The zero-order chi connectivity index (χ0) is 14.9. The number of ketones is 1. The van der Waals surface area contributed by atoms with E-state index < -0.39 is 0 Å². The molecule has 0 aromatic carbocycles. The molecule has 1 saturated carbocycles. The molecule has 4 bridgehead atoms. The van der Waals surface area contributed by atoms with E-state index in [0.717, 1.165) is 26.2 Å². The lowest BCUT2D eigenvalue weighted by Gasteiger charge is -2.71. The third-order valence-electron chi connectivity index (χ3n) is 6.84. The summed E-state index contributed by atoms with van der Waals surface area (Å²) in [5.41, 5.74) is -0.628. The molecule has 4 heteroatoms. The second-order valence-electron chi connectivity index (χ2n) is 8.53. The fourth-order valence-corrected chi connectivity index (χ4v) is 6.07. The summed E-state index contributed by atoms with van der Waals surface area (Å²) in [6.07, 6.45) is 6.39. The highest BCUT2D eigenvalue weighted by Gasteiger charge is 2.67. The molecular weight excluding hydrogens is 264 g/mol. The van der Waals surface area contributed by atoms with E-state index in [1.807, 2.05) is 0 Å². The fourth-order valence-electron chi connectivity index (χ4n) is 6.07. The highest BCUT2D eigenvalue weighted by atomic mass is 16.3. The quantitative estimate of drug-likeness (QED) is 0.837. The zero-order valence-electron chi connectivity index (χ0n) is 13.4. The van der Waals surface area contributed by atoms with E-state index in [2.05, 4.69) is 23.6 Å². The van der Waals surface area contributed by atoms with E-state index in [4.69, 9.17) is 0 Å². The molecule has 5 aliphatic rings. The molecule has 1 N–H and O–H groups in total. The largest absolute Gasteiger partial charge is 0.393 e. The summed E-state index contributed by atoms with van der Waals surface area (Å²) in [4.78, 5) is 17.7. The van der Waals surface area contributed by atoms with Crippen molar-refractivity contribution in [1.29, 1.82) is 0 Å². The first kappa shape index (κ1) is 14.2. The molecular formula is C17H28N2O2. The summed E-state index contributed by atoms with van der Waals surface area (Å²) in [5.74, 6) is 1.02. The molecule has 0 aromatic heterocycles. The SMILES string of the molecule is CC12CN3CC(C)(CN(C1)C3(CO)C1CCCCC1)C2=O. The molecule has 0 atom stereocenters. The summed E-state index contributed by atoms with van der Waals surface area (Å²) in [6, 6.07) is 0. The van der Waals surface area contributed by atoms with Crippen LogP contribution in [0.25, 0.3) is 0 Å². The maximum Gasteiger partial charge on any atom is 0.149 e. The number of piperidine rings is 2. The zero-order valence-corrected chi connectivity index (χ0v) is 13.4. The van der Waals surface area contributed by atoms with E-state index >= 15 is 0 Å². The van der Waals surface area contributed by atoms with Crippen LogP contribution in [0.3, 0.4) is 0 Å². The van der Waals surface area contributed by atoms with E-state index in [9.17, 15) is 9.90 Å². The van der Waals surface area contributed by atoms with Crippen LogP contribution in [0.15, 0.2) is 0 Å². The monoisotopic (exact) mass is 292 g/mol. The topological polar surface area (TPSA) is 43.8 Å². The average Bonchev–Trinajstić information content (AvgIpc) is 2.45. The van der Waals surface area contributed by atoms with E-state index in [-0.39, 0.29) is 23.1 Å². The van der Waals surface area contributed by atoms with E-state index in [1.165, 1.54) is 32.1 Å². The van der Waals surface area contributed by atoms with Gasteiger partial charge in [-0.3, -0.25) is 14.6 Å². The molecule has 5 fully saturated rings. The van der Waals surface area contributed by atoms with Crippen LogP contribution in [0.2, 0.25) is 0 Å². The van der Waals surface area contributed by atoms with Crippen molar-refractivity contribution in [2.24, 2.45) is 16.7 Å². The minimum Gasteiger partial charge on any atom is -0.393 e. The fraction of sp³-hybridized carbons (Fsp3) is 0.941. The number of carbonyl (C=O) groups excluding carboxylic acids is 1. The summed E-state index contributed by atoms with van der Waals surface area (Å²) in [6.45, 7) is 7.86. The number of aliphatic hydroxyl groups excluding tert-OH is 1. The second-order valence-corrected chi connectivity index (χ2v) is 8.53. The van der Waals surface area contributed by atoms with Crippen molar-refractivity contribution < 1.29 is 9.90 Å². The first-order chi connectivity index (χ1) is 9.95. The predicted molar refractivity (Wildman–Crippen MR) is 80.8 cm³/mol. The number of carbonyl (C=O) groups is 1. The van der Waals surface area contributed by atoms with Crippen LogP contribution in [0, 0.1) is 16.7 Å². The molecule has 5 rings (SSSR count). The Balaban J connectivity index is 1.74. The van der Waals surface area contributed by atoms with Gasteiger partial charge in [-0.2, -0.15) is 0 Å². The van der Waals surface area contributed by atoms with Gasteiger partial charge in [0.2, 0.25) is 0 Å². The van der Waals surface area contributed by atoms with Gasteiger partial charge in [-0.1, -0.05) is 33.1 Å². The van der Waals surface area contributed by atoms with Crippen molar-refractivity contribution in [2.45, 2.75) is 51.6 Å². The van der Waals surface area contributed by atoms with Crippen molar-refractivity contribution in [2.75, 3.05) is 32.8 Å². The number of hydrogen-bond acceptors (Lipinski definition) is 4. The van der Waals surface area contributed by atoms with Crippen LogP contribution >= 0.6 is 0 Å². The Morgan fingerprint density at radius 3 is 1.90 bits per heavy atom. The lowest BCUT2D eigenvalue weighted by Crippen LogP contribution is -2.85. The van der Waals surface area contributed by atoms with Gasteiger partial charge in [0, 0.05) is 26.2 Å².